The summed E-state index contributed by atoms with van der Waals surface area (Å²) in [6.07, 6.45) is 0.352. The van der Waals surface area contributed by atoms with Crippen molar-refractivity contribution in [3.05, 3.63) is 0 Å². The van der Waals surface area contributed by atoms with E-state index in [1.807, 2.05) is 27.7 Å². The largest absolute Gasteiger partial charge is 0.350 e. The minimum atomic E-state index is -2.99. The highest BCUT2D eigenvalue weighted by Gasteiger charge is 2.34. The quantitative estimate of drug-likeness (QED) is 0.692. The lowest BCUT2D eigenvalue weighted by Gasteiger charge is -2.35. The molecule has 0 unspecified atom stereocenters. The molecule has 5 nitrogen and oxygen atoms in total. The summed E-state index contributed by atoms with van der Waals surface area (Å²) in [7, 11) is -2.99. The third-order valence-corrected chi connectivity index (χ3v) is 4.73. The summed E-state index contributed by atoms with van der Waals surface area (Å²) >= 11 is 0. The van der Waals surface area contributed by atoms with E-state index in [2.05, 4.69) is 0 Å². The molecule has 0 N–H and O–H groups in total. The van der Waals surface area contributed by atoms with Gasteiger partial charge in [-0.2, -0.15) is 0 Å². The minimum Gasteiger partial charge on any atom is -0.350 e. The van der Waals surface area contributed by atoms with Crippen LogP contribution in [0.4, 0.5) is 0 Å². The first-order valence-electron chi connectivity index (χ1n) is 6.07. The maximum absolute atomic E-state index is 12.3. The van der Waals surface area contributed by atoms with Crippen LogP contribution in [0.15, 0.2) is 0 Å². The molecule has 6 heteroatoms. The summed E-state index contributed by atoms with van der Waals surface area (Å²) in [5.41, 5.74) is 0. The number of ether oxygens (including phenoxy) is 2. The van der Waals surface area contributed by atoms with Gasteiger partial charge in [-0.15, -0.1) is 0 Å². The molecule has 0 aliphatic carbocycles. The number of hydrogen-bond donors (Lipinski definition) is 0. The molecule has 17 heavy (non-hydrogen) atoms. The summed E-state index contributed by atoms with van der Waals surface area (Å²) in [6.45, 7) is 9.18. The Morgan fingerprint density at radius 1 is 1.18 bits per heavy atom. The van der Waals surface area contributed by atoms with Gasteiger partial charge in [-0.1, -0.05) is 0 Å². The first kappa shape index (κ1) is 15.1. The standard InChI is InChI=1S/C11H23O5P/c1-5-15-17(12,16-6-2)9-10-7-13-11(3,4)14-8-10/h10H,5-9H2,1-4H3. The van der Waals surface area contributed by atoms with E-state index in [9.17, 15) is 4.57 Å². The lowest BCUT2D eigenvalue weighted by molar-refractivity contribution is -0.259. The zero-order valence-corrected chi connectivity index (χ0v) is 12.0. The van der Waals surface area contributed by atoms with Gasteiger partial charge in [-0.05, 0) is 27.7 Å². The van der Waals surface area contributed by atoms with Crippen LogP contribution in [0.1, 0.15) is 27.7 Å². The van der Waals surface area contributed by atoms with E-state index in [1.54, 1.807) is 0 Å². The van der Waals surface area contributed by atoms with Crippen LogP contribution in [-0.4, -0.2) is 38.4 Å². The van der Waals surface area contributed by atoms with Gasteiger partial charge in [0.1, 0.15) is 0 Å². The van der Waals surface area contributed by atoms with Crippen LogP contribution in [0, 0.1) is 5.92 Å². The molecule has 0 aromatic heterocycles. The molecule has 1 aliphatic rings. The highest BCUT2D eigenvalue weighted by Crippen LogP contribution is 2.50. The van der Waals surface area contributed by atoms with E-state index in [0.29, 0.717) is 32.6 Å². The zero-order valence-electron chi connectivity index (χ0n) is 11.1. The second-order valence-corrected chi connectivity index (χ2v) is 6.62. The molecule has 0 aromatic carbocycles. The lowest BCUT2D eigenvalue weighted by atomic mass is 10.2. The molecule has 1 saturated heterocycles. The fourth-order valence-corrected chi connectivity index (χ4v) is 3.60. The molecule has 0 amide bonds. The smallest absolute Gasteiger partial charge is 0.331 e. The number of hydrogen-bond acceptors (Lipinski definition) is 5. The van der Waals surface area contributed by atoms with Crippen molar-refractivity contribution >= 4 is 7.60 Å². The van der Waals surface area contributed by atoms with Crippen LogP contribution in [0.5, 0.6) is 0 Å². The van der Waals surface area contributed by atoms with Gasteiger partial charge in [0.15, 0.2) is 5.79 Å². The third-order valence-electron chi connectivity index (χ3n) is 2.47. The van der Waals surface area contributed by atoms with Gasteiger partial charge < -0.3 is 18.5 Å². The Labute approximate surface area is 103 Å². The third kappa shape index (κ3) is 5.06. The fraction of sp³-hybridized carbons (Fsp3) is 1.00. The summed E-state index contributed by atoms with van der Waals surface area (Å²) in [5, 5.41) is 0. The van der Waals surface area contributed by atoms with Crippen LogP contribution in [-0.2, 0) is 23.1 Å². The first-order valence-corrected chi connectivity index (χ1v) is 7.79. The van der Waals surface area contributed by atoms with Crippen molar-refractivity contribution in [2.45, 2.75) is 33.5 Å². The van der Waals surface area contributed by atoms with Crippen molar-refractivity contribution in [2.75, 3.05) is 32.6 Å². The Morgan fingerprint density at radius 2 is 1.65 bits per heavy atom. The highest BCUT2D eigenvalue weighted by atomic mass is 31.2. The molecule has 0 spiro atoms. The van der Waals surface area contributed by atoms with Crippen molar-refractivity contribution < 1.29 is 23.1 Å². The molecule has 1 heterocycles. The van der Waals surface area contributed by atoms with Crippen LogP contribution < -0.4 is 0 Å². The summed E-state index contributed by atoms with van der Waals surface area (Å²) in [4.78, 5) is 0. The molecular formula is C11H23O5P. The first-order chi connectivity index (χ1) is 7.91. The molecular weight excluding hydrogens is 243 g/mol. The van der Waals surface area contributed by atoms with E-state index in [0.717, 1.165) is 0 Å². The second kappa shape index (κ2) is 6.30. The Morgan fingerprint density at radius 3 is 2.06 bits per heavy atom. The van der Waals surface area contributed by atoms with Crippen molar-refractivity contribution in [1.82, 2.24) is 0 Å². The Hall–Kier alpha value is 0.0700. The lowest BCUT2D eigenvalue weighted by Crippen LogP contribution is -2.40. The Kier molecular flexibility index (Phi) is 5.61. The number of rotatable bonds is 6. The Balaban J connectivity index is 2.49. The molecule has 0 aromatic rings. The topological polar surface area (TPSA) is 54.0 Å². The second-order valence-electron chi connectivity index (χ2n) is 4.52. The van der Waals surface area contributed by atoms with E-state index in [4.69, 9.17) is 18.5 Å². The van der Waals surface area contributed by atoms with Gasteiger partial charge in [0.2, 0.25) is 0 Å². The maximum Gasteiger partial charge on any atom is 0.331 e. The predicted molar refractivity (Wildman–Crippen MR) is 65.2 cm³/mol. The predicted octanol–water partition coefficient (Wildman–Crippen LogP) is 2.65. The summed E-state index contributed by atoms with van der Waals surface area (Å²) in [6, 6.07) is 0. The molecule has 102 valence electrons. The zero-order chi connectivity index (χ0) is 12.9. The molecule has 1 fully saturated rings. The molecule has 0 radical (unpaired) electrons. The van der Waals surface area contributed by atoms with Gasteiger partial charge in [0, 0.05) is 5.92 Å². The monoisotopic (exact) mass is 266 g/mol. The molecule has 1 rings (SSSR count). The van der Waals surface area contributed by atoms with Gasteiger partial charge >= 0.3 is 7.60 Å². The van der Waals surface area contributed by atoms with Crippen LogP contribution in [0.3, 0.4) is 0 Å². The van der Waals surface area contributed by atoms with Crippen molar-refractivity contribution in [3.63, 3.8) is 0 Å². The average Bonchev–Trinajstić information content (AvgIpc) is 2.22. The van der Waals surface area contributed by atoms with Gasteiger partial charge in [0.05, 0.1) is 32.6 Å². The minimum absolute atomic E-state index is 0.0620. The average molecular weight is 266 g/mol. The molecule has 0 bridgehead atoms. The molecule has 1 aliphatic heterocycles. The molecule has 0 saturated carbocycles. The highest BCUT2D eigenvalue weighted by molar-refractivity contribution is 7.53. The van der Waals surface area contributed by atoms with Gasteiger partial charge in [-0.25, -0.2) is 0 Å². The normalized spacial score (nSPS) is 21.6. The van der Waals surface area contributed by atoms with Crippen molar-refractivity contribution in [1.29, 1.82) is 0 Å². The fourth-order valence-electron chi connectivity index (χ4n) is 1.68. The molecule has 0 atom stereocenters. The van der Waals surface area contributed by atoms with E-state index < -0.39 is 13.4 Å². The van der Waals surface area contributed by atoms with Crippen LogP contribution in [0.2, 0.25) is 0 Å². The van der Waals surface area contributed by atoms with Gasteiger partial charge in [-0.3, -0.25) is 4.57 Å². The SMILES string of the molecule is CCOP(=O)(CC1COC(C)(C)OC1)OCC. The maximum atomic E-state index is 12.3. The van der Waals surface area contributed by atoms with Crippen molar-refractivity contribution in [3.8, 4) is 0 Å². The summed E-state index contributed by atoms with van der Waals surface area (Å²) < 4.78 is 33.8. The van der Waals surface area contributed by atoms with Crippen LogP contribution in [0.25, 0.3) is 0 Å². The van der Waals surface area contributed by atoms with E-state index in [1.165, 1.54) is 0 Å². The summed E-state index contributed by atoms with van der Waals surface area (Å²) in [5.74, 6) is -0.482. The van der Waals surface area contributed by atoms with E-state index >= 15 is 0 Å². The van der Waals surface area contributed by atoms with Crippen LogP contribution >= 0.6 is 7.60 Å². The van der Waals surface area contributed by atoms with Gasteiger partial charge in [0.25, 0.3) is 0 Å². The van der Waals surface area contributed by atoms with E-state index in [-0.39, 0.29) is 5.92 Å². The van der Waals surface area contributed by atoms with Crippen molar-refractivity contribution in [2.24, 2.45) is 5.92 Å². The Bertz CT molecular complexity index is 259.